The largest absolute Gasteiger partial charge is 0.481 e. The van der Waals surface area contributed by atoms with Crippen molar-refractivity contribution >= 4 is 17.8 Å². The van der Waals surface area contributed by atoms with Crippen molar-refractivity contribution in [2.45, 2.75) is 171 Å². The van der Waals surface area contributed by atoms with Gasteiger partial charge in [0.05, 0.1) is 17.3 Å². The SMILES string of the molecule is C=C(C)[C@@H]1CC[C@]2(C(=O)NC(C)(C)CN3CCCCC3)CC[C@]3(C)[C@H](CCC4[C@@]5(C)CC[C@H](OC(=O)C6C[C@@H](C(=O)O)C6(C)C)C(C)(C)[C@@H]5CC[C@]43C)[C@@H]12. The number of esters is 1. The lowest BCUT2D eigenvalue weighted by molar-refractivity contribution is -0.251. The first-order chi connectivity index (χ1) is 25.0. The number of carboxylic acid groups (broad SMARTS) is 1. The van der Waals surface area contributed by atoms with Crippen LogP contribution in [0.4, 0.5) is 0 Å². The molecule has 6 aliphatic carbocycles. The van der Waals surface area contributed by atoms with E-state index in [4.69, 9.17) is 4.74 Å². The van der Waals surface area contributed by atoms with Crippen molar-refractivity contribution < 1.29 is 24.2 Å². The van der Waals surface area contributed by atoms with Crippen LogP contribution in [-0.4, -0.2) is 59.1 Å². The summed E-state index contributed by atoms with van der Waals surface area (Å²) in [5.74, 6) is 0.732. The molecule has 0 spiro atoms. The molecule has 0 aromatic rings. The molecular weight excluding hydrogens is 673 g/mol. The second-order valence-corrected chi connectivity index (χ2v) is 22.8. The fraction of sp³-hybridized carbons (Fsp3) is 0.894. The number of amides is 1. The lowest BCUT2D eigenvalue weighted by Crippen LogP contribution is -2.68. The molecule has 7 rings (SSSR count). The Kier molecular flexibility index (Phi) is 9.95. The summed E-state index contributed by atoms with van der Waals surface area (Å²) in [6.45, 7) is 30.9. The van der Waals surface area contributed by atoms with Crippen LogP contribution < -0.4 is 5.32 Å². The van der Waals surface area contributed by atoms with E-state index in [1.807, 2.05) is 13.8 Å². The number of allylic oxidation sites excluding steroid dienone is 1. The van der Waals surface area contributed by atoms with Crippen molar-refractivity contribution in [3.05, 3.63) is 12.2 Å². The Morgan fingerprint density at radius 3 is 2.11 bits per heavy atom. The number of nitrogens with one attached hydrogen (secondary N) is 1. The first-order valence-electron chi connectivity index (χ1n) is 22.2. The minimum absolute atomic E-state index is 0.143. The van der Waals surface area contributed by atoms with Gasteiger partial charge in [-0.2, -0.15) is 0 Å². The molecular formula is C47H76N2O5. The Balaban J connectivity index is 1.11. The highest BCUT2D eigenvalue weighted by Crippen LogP contribution is 2.77. The van der Waals surface area contributed by atoms with Crippen LogP contribution in [0.25, 0.3) is 0 Å². The lowest BCUT2D eigenvalue weighted by Gasteiger charge is -2.73. The molecule has 54 heavy (non-hydrogen) atoms. The number of fused-ring (bicyclic) bond motifs is 7. The van der Waals surface area contributed by atoms with E-state index in [9.17, 15) is 19.5 Å². The van der Waals surface area contributed by atoms with Gasteiger partial charge in [0.15, 0.2) is 0 Å². The number of piperidine rings is 1. The van der Waals surface area contributed by atoms with Gasteiger partial charge in [-0.3, -0.25) is 14.4 Å². The van der Waals surface area contributed by atoms with Crippen LogP contribution in [0.1, 0.15) is 159 Å². The summed E-state index contributed by atoms with van der Waals surface area (Å²) < 4.78 is 6.45. The van der Waals surface area contributed by atoms with Crippen molar-refractivity contribution in [1.29, 1.82) is 0 Å². The molecule has 1 aliphatic heterocycles. The number of hydrogen-bond acceptors (Lipinski definition) is 5. The number of nitrogens with zero attached hydrogens (tertiary/aromatic N) is 1. The Morgan fingerprint density at radius 2 is 1.48 bits per heavy atom. The average Bonchev–Trinajstić information content (AvgIpc) is 3.47. The number of hydrogen-bond donors (Lipinski definition) is 2. The van der Waals surface area contributed by atoms with Gasteiger partial charge in [0, 0.05) is 17.5 Å². The molecule has 1 saturated heterocycles. The highest BCUT2D eigenvalue weighted by Gasteiger charge is 2.72. The molecule has 0 radical (unpaired) electrons. The van der Waals surface area contributed by atoms with Gasteiger partial charge in [-0.05, 0) is 169 Å². The normalized spacial score (nSPS) is 45.4. The standard InChI is InChI=1S/C47H76N2O5/c1-29(2)30-17-22-47(40(53)48-41(3,4)28-49-25-13-12-14-26-49)24-23-45(10)31(37(30)47)15-16-35-44(9)20-19-36(43(7,8)34(44)18-21-46(35,45)11)54-39(52)33-27-32(38(50)51)42(33,5)6/h30-37H,1,12-28H2,2-11H3,(H,48,53)(H,50,51)/t30-,31+,32-,33?,34-,35?,36-,37+,44-,45+,46+,47-/m0/s1. The van der Waals surface area contributed by atoms with Crippen molar-refractivity contribution in [2.75, 3.05) is 19.6 Å². The van der Waals surface area contributed by atoms with Crippen LogP contribution in [-0.2, 0) is 19.1 Å². The predicted molar refractivity (Wildman–Crippen MR) is 214 cm³/mol. The van der Waals surface area contributed by atoms with E-state index in [0.29, 0.717) is 41.9 Å². The molecule has 1 amide bonds. The number of rotatable bonds is 8. The first kappa shape index (κ1) is 40.3. The zero-order chi connectivity index (χ0) is 39.4. The third kappa shape index (κ3) is 5.90. The Bertz CT molecular complexity index is 1530. The zero-order valence-electron chi connectivity index (χ0n) is 35.9. The van der Waals surface area contributed by atoms with Gasteiger partial charge >= 0.3 is 11.9 Å². The minimum Gasteiger partial charge on any atom is -0.481 e. The van der Waals surface area contributed by atoms with Gasteiger partial charge in [0.1, 0.15) is 6.10 Å². The molecule has 7 nitrogen and oxygen atoms in total. The van der Waals surface area contributed by atoms with Gasteiger partial charge < -0.3 is 20.1 Å². The van der Waals surface area contributed by atoms with Crippen LogP contribution in [0, 0.1) is 73.9 Å². The molecule has 7 fully saturated rings. The van der Waals surface area contributed by atoms with Gasteiger partial charge in [-0.15, -0.1) is 0 Å². The van der Waals surface area contributed by atoms with Crippen molar-refractivity contribution in [3.8, 4) is 0 Å². The monoisotopic (exact) mass is 749 g/mol. The average molecular weight is 749 g/mol. The zero-order valence-corrected chi connectivity index (χ0v) is 35.9. The lowest BCUT2D eigenvalue weighted by atomic mass is 9.32. The van der Waals surface area contributed by atoms with E-state index in [2.05, 4.69) is 72.2 Å². The smallest absolute Gasteiger partial charge is 0.309 e. The second-order valence-electron chi connectivity index (χ2n) is 22.8. The van der Waals surface area contributed by atoms with Crippen LogP contribution in [0.3, 0.4) is 0 Å². The summed E-state index contributed by atoms with van der Waals surface area (Å²) in [5.41, 5.74) is 0.394. The molecule has 1 heterocycles. The molecule has 0 bridgehead atoms. The van der Waals surface area contributed by atoms with E-state index in [1.165, 1.54) is 44.1 Å². The summed E-state index contributed by atoms with van der Waals surface area (Å²) in [5, 5.41) is 13.4. The number of carbonyl (C=O) groups excluding carboxylic acids is 2. The Labute approximate surface area is 327 Å². The minimum atomic E-state index is -0.811. The highest BCUT2D eigenvalue weighted by molar-refractivity contribution is 5.84. The molecule has 2 N–H and O–H groups in total. The number of carboxylic acids is 1. The predicted octanol–water partition coefficient (Wildman–Crippen LogP) is 9.68. The van der Waals surface area contributed by atoms with Crippen LogP contribution in [0.15, 0.2) is 12.2 Å². The van der Waals surface area contributed by atoms with E-state index in [1.54, 1.807) is 0 Å². The molecule has 7 heteroatoms. The van der Waals surface area contributed by atoms with Gasteiger partial charge in [0.2, 0.25) is 5.91 Å². The van der Waals surface area contributed by atoms with Crippen molar-refractivity contribution in [3.63, 3.8) is 0 Å². The van der Waals surface area contributed by atoms with Crippen LogP contribution in [0.2, 0.25) is 0 Å². The van der Waals surface area contributed by atoms with Crippen molar-refractivity contribution in [2.24, 2.45) is 73.9 Å². The topological polar surface area (TPSA) is 95.9 Å². The maximum absolute atomic E-state index is 14.9. The molecule has 0 aromatic carbocycles. The van der Waals surface area contributed by atoms with E-state index in [-0.39, 0.29) is 50.6 Å². The highest BCUT2D eigenvalue weighted by atomic mass is 16.5. The van der Waals surface area contributed by atoms with Gasteiger partial charge in [0.25, 0.3) is 0 Å². The number of ether oxygens (including phenoxy) is 1. The molecule has 6 saturated carbocycles. The fourth-order valence-electron chi connectivity index (χ4n) is 15.8. The van der Waals surface area contributed by atoms with Gasteiger partial charge in [-0.25, -0.2) is 0 Å². The molecule has 304 valence electrons. The maximum atomic E-state index is 14.9. The van der Waals surface area contributed by atoms with Crippen LogP contribution in [0.5, 0.6) is 0 Å². The number of aliphatic carboxylic acids is 1. The number of carbonyl (C=O) groups is 3. The first-order valence-corrected chi connectivity index (χ1v) is 22.2. The van der Waals surface area contributed by atoms with E-state index < -0.39 is 17.3 Å². The quantitative estimate of drug-likeness (QED) is 0.190. The Hall–Kier alpha value is -1.89. The number of likely N-dealkylation sites (tertiary alicyclic amines) is 1. The third-order valence-corrected chi connectivity index (χ3v) is 19.1. The summed E-state index contributed by atoms with van der Waals surface area (Å²) >= 11 is 0. The summed E-state index contributed by atoms with van der Waals surface area (Å²) in [6.07, 6.45) is 14.8. The molecule has 7 aliphatic rings. The van der Waals surface area contributed by atoms with Crippen molar-refractivity contribution in [1.82, 2.24) is 10.2 Å². The fourth-order valence-corrected chi connectivity index (χ4v) is 15.8. The summed E-state index contributed by atoms with van der Waals surface area (Å²) in [6, 6.07) is 0. The summed E-state index contributed by atoms with van der Waals surface area (Å²) in [4.78, 5) is 42.9. The van der Waals surface area contributed by atoms with E-state index in [0.717, 1.165) is 64.6 Å². The third-order valence-electron chi connectivity index (χ3n) is 19.1. The van der Waals surface area contributed by atoms with Crippen LogP contribution >= 0.6 is 0 Å². The molecule has 2 unspecified atom stereocenters. The van der Waals surface area contributed by atoms with E-state index >= 15 is 0 Å². The Morgan fingerprint density at radius 1 is 0.796 bits per heavy atom. The molecule has 12 atom stereocenters. The summed E-state index contributed by atoms with van der Waals surface area (Å²) in [7, 11) is 0. The maximum Gasteiger partial charge on any atom is 0.309 e. The van der Waals surface area contributed by atoms with Gasteiger partial charge in [-0.1, -0.05) is 67.0 Å². The second kappa shape index (κ2) is 13.3. The molecule has 0 aromatic heterocycles.